The molecule has 0 aromatic heterocycles. The molecule has 5 nitrogen and oxygen atoms in total. The minimum atomic E-state index is -0.465. The molecule has 1 heterocycles. The van der Waals surface area contributed by atoms with Gasteiger partial charge in [-0.25, -0.2) is 0 Å². The van der Waals surface area contributed by atoms with Gasteiger partial charge in [0.05, 0.1) is 6.10 Å². The first-order valence-corrected chi connectivity index (χ1v) is 7.50. The van der Waals surface area contributed by atoms with Gasteiger partial charge in [0, 0.05) is 52.7 Å². The van der Waals surface area contributed by atoms with Crippen LogP contribution in [0.25, 0.3) is 0 Å². The molecule has 0 spiro atoms. The molecular weight excluding hydrogens is 254 g/mol. The summed E-state index contributed by atoms with van der Waals surface area (Å²) in [6, 6.07) is 0. The van der Waals surface area contributed by atoms with Crippen LogP contribution in [0.2, 0.25) is 0 Å². The van der Waals surface area contributed by atoms with Crippen molar-refractivity contribution in [2.24, 2.45) is 5.41 Å². The lowest BCUT2D eigenvalue weighted by molar-refractivity contribution is -0.133. The van der Waals surface area contributed by atoms with Gasteiger partial charge in [0.2, 0.25) is 5.91 Å². The van der Waals surface area contributed by atoms with E-state index < -0.39 is 6.10 Å². The van der Waals surface area contributed by atoms with E-state index in [1.54, 1.807) is 11.9 Å². The van der Waals surface area contributed by atoms with Gasteiger partial charge in [0.25, 0.3) is 0 Å². The van der Waals surface area contributed by atoms with E-state index in [1.165, 1.54) is 0 Å². The van der Waals surface area contributed by atoms with E-state index in [0.717, 1.165) is 26.2 Å². The summed E-state index contributed by atoms with van der Waals surface area (Å²) in [6.07, 6.45) is 0.0531. The van der Waals surface area contributed by atoms with E-state index in [9.17, 15) is 9.90 Å². The van der Waals surface area contributed by atoms with Crippen molar-refractivity contribution in [1.29, 1.82) is 0 Å². The summed E-state index contributed by atoms with van der Waals surface area (Å²) in [6.45, 7) is 11.3. The lowest BCUT2D eigenvalue weighted by Gasteiger charge is -2.34. The lowest BCUT2D eigenvalue weighted by Crippen LogP contribution is -2.49. The number of likely N-dealkylation sites (N-methyl/N-ethyl adjacent to an activating group) is 2. The fraction of sp³-hybridized carbons (Fsp3) is 0.933. The molecule has 0 aliphatic carbocycles. The van der Waals surface area contributed by atoms with Gasteiger partial charge in [0.1, 0.15) is 0 Å². The number of rotatable bonds is 5. The van der Waals surface area contributed by atoms with E-state index in [-0.39, 0.29) is 11.3 Å². The maximum atomic E-state index is 12.0. The van der Waals surface area contributed by atoms with Gasteiger partial charge in [-0.05, 0) is 12.5 Å². The zero-order valence-corrected chi connectivity index (χ0v) is 13.7. The van der Waals surface area contributed by atoms with Crippen LogP contribution in [-0.2, 0) is 4.79 Å². The fourth-order valence-corrected chi connectivity index (χ4v) is 2.39. The molecule has 5 heteroatoms. The Kier molecular flexibility index (Phi) is 6.43. The molecule has 1 atom stereocenters. The summed E-state index contributed by atoms with van der Waals surface area (Å²) < 4.78 is 0. The molecule has 1 fully saturated rings. The van der Waals surface area contributed by atoms with Crippen molar-refractivity contribution >= 4 is 5.91 Å². The summed E-state index contributed by atoms with van der Waals surface area (Å²) in [7, 11) is 3.90. The number of aliphatic hydroxyl groups excluding tert-OH is 1. The van der Waals surface area contributed by atoms with Crippen molar-refractivity contribution in [2.75, 3.05) is 53.4 Å². The van der Waals surface area contributed by atoms with Gasteiger partial charge in [-0.15, -0.1) is 0 Å². The Balaban J connectivity index is 2.30. The van der Waals surface area contributed by atoms with Crippen LogP contribution in [0, 0.1) is 5.41 Å². The van der Waals surface area contributed by atoms with Crippen molar-refractivity contribution in [3.63, 3.8) is 0 Å². The molecule has 0 aromatic rings. The Labute approximate surface area is 123 Å². The maximum absolute atomic E-state index is 12.0. The van der Waals surface area contributed by atoms with Crippen molar-refractivity contribution < 1.29 is 9.90 Å². The highest BCUT2D eigenvalue weighted by atomic mass is 16.3. The van der Waals surface area contributed by atoms with Gasteiger partial charge >= 0.3 is 0 Å². The Bertz CT molecular complexity index is 307. The Hall–Kier alpha value is -0.650. The molecule has 118 valence electrons. The number of carbonyl (C=O) groups is 1. The SMILES string of the molecule is CN1CCN(CC(O)CN(C)C(=O)CC(C)(C)C)CC1. The second-order valence-electron chi connectivity index (χ2n) is 7.27. The molecule has 1 aliphatic rings. The van der Waals surface area contributed by atoms with Gasteiger partial charge in [0.15, 0.2) is 0 Å². The second kappa shape index (κ2) is 7.38. The fourth-order valence-electron chi connectivity index (χ4n) is 2.39. The third-order valence-electron chi connectivity index (χ3n) is 3.66. The molecule has 1 rings (SSSR count). The second-order valence-corrected chi connectivity index (χ2v) is 7.27. The third-order valence-corrected chi connectivity index (χ3v) is 3.66. The van der Waals surface area contributed by atoms with E-state index in [4.69, 9.17) is 0 Å². The molecule has 0 saturated carbocycles. The molecule has 1 aliphatic heterocycles. The average Bonchev–Trinajstić information content (AvgIpc) is 2.29. The molecule has 1 saturated heterocycles. The number of nitrogens with zero attached hydrogens (tertiary/aromatic N) is 3. The zero-order chi connectivity index (χ0) is 15.3. The number of hydrogen-bond acceptors (Lipinski definition) is 4. The third kappa shape index (κ3) is 6.68. The predicted octanol–water partition coefficient (Wildman–Crippen LogP) is 0.489. The molecule has 0 bridgehead atoms. The quantitative estimate of drug-likeness (QED) is 0.798. The molecule has 1 N–H and O–H groups in total. The maximum Gasteiger partial charge on any atom is 0.222 e. The summed E-state index contributed by atoms with van der Waals surface area (Å²) in [4.78, 5) is 18.2. The summed E-state index contributed by atoms with van der Waals surface area (Å²) in [5.41, 5.74) is -0.00620. The number of hydrogen-bond donors (Lipinski definition) is 1. The van der Waals surface area contributed by atoms with E-state index in [2.05, 4.69) is 37.6 Å². The first-order chi connectivity index (χ1) is 9.17. The van der Waals surface area contributed by atoms with E-state index in [0.29, 0.717) is 19.5 Å². The first kappa shape index (κ1) is 17.4. The molecule has 1 unspecified atom stereocenters. The number of carbonyl (C=O) groups excluding carboxylic acids is 1. The van der Waals surface area contributed by atoms with Gasteiger partial charge in [-0.1, -0.05) is 20.8 Å². The molecule has 0 radical (unpaired) electrons. The predicted molar refractivity (Wildman–Crippen MR) is 81.7 cm³/mol. The van der Waals surface area contributed by atoms with Crippen LogP contribution < -0.4 is 0 Å². The largest absolute Gasteiger partial charge is 0.390 e. The molecule has 0 aromatic carbocycles. The van der Waals surface area contributed by atoms with Crippen molar-refractivity contribution in [1.82, 2.24) is 14.7 Å². The monoisotopic (exact) mass is 285 g/mol. The zero-order valence-electron chi connectivity index (χ0n) is 13.7. The van der Waals surface area contributed by atoms with Gasteiger partial charge in [-0.2, -0.15) is 0 Å². The molecule has 20 heavy (non-hydrogen) atoms. The number of β-amino-alcohol motifs (C(OH)–C–C–N with tert-alkyl or cyclic N) is 1. The lowest BCUT2D eigenvalue weighted by atomic mass is 9.91. The van der Waals surface area contributed by atoms with Crippen LogP contribution >= 0.6 is 0 Å². The normalized spacial score (nSPS) is 19.9. The van der Waals surface area contributed by atoms with Crippen LogP contribution in [0.15, 0.2) is 0 Å². The number of amides is 1. The highest BCUT2D eigenvalue weighted by Crippen LogP contribution is 2.19. The minimum Gasteiger partial charge on any atom is -0.390 e. The molecule has 1 amide bonds. The summed E-state index contributed by atoms with van der Waals surface area (Å²) in [5, 5.41) is 10.1. The van der Waals surface area contributed by atoms with Crippen molar-refractivity contribution in [2.45, 2.75) is 33.3 Å². The number of aliphatic hydroxyl groups is 1. The highest BCUT2D eigenvalue weighted by Gasteiger charge is 2.22. The van der Waals surface area contributed by atoms with Gasteiger partial charge in [-0.3, -0.25) is 9.69 Å². The summed E-state index contributed by atoms with van der Waals surface area (Å²) >= 11 is 0. The number of piperazine rings is 1. The van der Waals surface area contributed by atoms with Gasteiger partial charge < -0.3 is 14.9 Å². The van der Waals surface area contributed by atoms with E-state index in [1.807, 2.05) is 0 Å². The van der Waals surface area contributed by atoms with Crippen LogP contribution in [0.1, 0.15) is 27.2 Å². The molecular formula is C15H31N3O2. The van der Waals surface area contributed by atoms with Crippen LogP contribution in [-0.4, -0.2) is 85.2 Å². The van der Waals surface area contributed by atoms with Crippen LogP contribution in [0.4, 0.5) is 0 Å². The van der Waals surface area contributed by atoms with Crippen molar-refractivity contribution in [3.8, 4) is 0 Å². The van der Waals surface area contributed by atoms with Crippen LogP contribution in [0.5, 0.6) is 0 Å². The Morgan fingerprint density at radius 1 is 1.25 bits per heavy atom. The average molecular weight is 285 g/mol. The highest BCUT2D eigenvalue weighted by molar-refractivity contribution is 5.76. The topological polar surface area (TPSA) is 47.0 Å². The smallest absolute Gasteiger partial charge is 0.222 e. The minimum absolute atomic E-state index is 0.00620. The first-order valence-electron chi connectivity index (χ1n) is 7.50. The standard InChI is InChI=1S/C15H31N3O2/c1-15(2,3)10-14(20)17(5)11-13(19)12-18-8-6-16(4)7-9-18/h13,19H,6-12H2,1-5H3. The Morgan fingerprint density at radius 2 is 1.80 bits per heavy atom. The van der Waals surface area contributed by atoms with E-state index >= 15 is 0 Å². The van der Waals surface area contributed by atoms with Crippen LogP contribution in [0.3, 0.4) is 0 Å². The Morgan fingerprint density at radius 3 is 2.30 bits per heavy atom. The summed E-state index contributed by atoms with van der Waals surface area (Å²) in [5.74, 6) is 0.106. The van der Waals surface area contributed by atoms with Crippen molar-refractivity contribution in [3.05, 3.63) is 0 Å².